The molecule has 1 aliphatic heterocycles. The highest BCUT2D eigenvalue weighted by molar-refractivity contribution is 7.89. The van der Waals surface area contributed by atoms with Gasteiger partial charge in [0.05, 0.1) is 4.90 Å². The normalized spacial score (nSPS) is 14.4. The molecule has 0 radical (unpaired) electrons. The van der Waals surface area contributed by atoms with E-state index in [1.807, 2.05) is 54.6 Å². The van der Waals surface area contributed by atoms with Gasteiger partial charge in [0.25, 0.3) is 5.91 Å². The molecule has 192 valence electrons. The molecule has 4 aromatic carbocycles. The third-order valence-electron chi connectivity index (χ3n) is 6.57. The number of carbonyl (C=O) groups excluding carboxylic acids is 1. The Morgan fingerprint density at radius 2 is 1.49 bits per heavy atom. The molecule has 0 atom stereocenters. The molecular formula is C28H27Cl2N3O3S. The van der Waals surface area contributed by atoms with Gasteiger partial charge in [-0.25, -0.2) is 8.42 Å². The van der Waals surface area contributed by atoms with Crippen molar-refractivity contribution >= 4 is 50.7 Å². The fourth-order valence-electron chi connectivity index (χ4n) is 4.50. The van der Waals surface area contributed by atoms with Crippen LogP contribution in [0.15, 0.2) is 89.8 Å². The molecule has 1 amide bonds. The van der Waals surface area contributed by atoms with E-state index >= 15 is 0 Å². The van der Waals surface area contributed by atoms with E-state index in [0.29, 0.717) is 30.2 Å². The molecule has 0 saturated carbocycles. The zero-order valence-electron chi connectivity index (χ0n) is 20.0. The van der Waals surface area contributed by atoms with Crippen molar-refractivity contribution in [3.63, 3.8) is 0 Å². The van der Waals surface area contributed by atoms with E-state index in [9.17, 15) is 13.2 Å². The second kappa shape index (κ2) is 11.2. The van der Waals surface area contributed by atoms with Crippen molar-refractivity contribution in [1.82, 2.24) is 9.21 Å². The quantitative estimate of drug-likeness (QED) is 0.367. The number of hydrogen-bond donors (Lipinski definition) is 1. The molecule has 5 rings (SSSR count). The first kappa shape index (κ1) is 27.1. The van der Waals surface area contributed by atoms with Gasteiger partial charge in [-0.1, -0.05) is 54.1 Å². The summed E-state index contributed by atoms with van der Waals surface area (Å²) in [7, 11) is -3.67. The summed E-state index contributed by atoms with van der Waals surface area (Å²) in [5.41, 5.74) is 9.43. The van der Waals surface area contributed by atoms with E-state index in [4.69, 9.17) is 17.3 Å². The lowest BCUT2D eigenvalue weighted by molar-refractivity contribution is 0.0698. The minimum absolute atomic E-state index is 0. The Morgan fingerprint density at radius 1 is 0.811 bits per heavy atom. The molecule has 1 fully saturated rings. The SMILES string of the molecule is Cl.NCc1cccc(-c2ccc(C(=O)N3CCN(S(=O)(=O)c4ccc5cc(Cl)ccc5c4)CC3)cc2)c1. The Balaban J connectivity index is 0.00000320. The van der Waals surface area contributed by atoms with Crippen molar-refractivity contribution in [3.8, 4) is 11.1 Å². The van der Waals surface area contributed by atoms with Gasteiger partial charge in [0, 0.05) is 43.3 Å². The molecule has 0 aromatic heterocycles. The Labute approximate surface area is 228 Å². The number of nitrogens with zero attached hydrogens (tertiary/aromatic N) is 2. The van der Waals surface area contributed by atoms with Gasteiger partial charge < -0.3 is 10.6 Å². The van der Waals surface area contributed by atoms with Crippen LogP contribution in [0.2, 0.25) is 5.02 Å². The minimum atomic E-state index is -3.67. The molecule has 9 heteroatoms. The van der Waals surface area contributed by atoms with E-state index in [1.165, 1.54) is 4.31 Å². The van der Waals surface area contributed by atoms with Gasteiger partial charge in [-0.3, -0.25) is 4.79 Å². The van der Waals surface area contributed by atoms with Crippen LogP contribution in [-0.4, -0.2) is 49.7 Å². The number of benzene rings is 4. The molecule has 2 N–H and O–H groups in total. The van der Waals surface area contributed by atoms with Gasteiger partial charge in [-0.2, -0.15) is 4.31 Å². The van der Waals surface area contributed by atoms with E-state index in [0.717, 1.165) is 27.5 Å². The first-order chi connectivity index (χ1) is 17.3. The van der Waals surface area contributed by atoms with Gasteiger partial charge in [-0.15, -0.1) is 12.4 Å². The monoisotopic (exact) mass is 555 g/mol. The molecule has 1 aliphatic rings. The Hall–Kier alpha value is -2.94. The largest absolute Gasteiger partial charge is 0.336 e. The number of halogens is 2. The molecule has 6 nitrogen and oxygen atoms in total. The highest BCUT2D eigenvalue weighted by Gasteiger charge is 2.30. The molecule has 0 spiro atoms. The van der Waals surface area contributed by atoms with E-state index in [2.05, 4.69) is 0 Å². The maximum absolute atomic E-state index is 13.3. The summed E-state index contributed by atoms with van der Waals surface area (Å²) < 4.78 is 27.9. The number of rotatable bonds is 5. The molecule has 1 heterocycles. The summed E-state index contributed by atoms with van der Waals surface area (Å²) in [5.74, 6) is -0.100. The Bertz CT molecular complexity index is 1530. The predicted molar refractivity (Wildman–Crippen MR) is 151 cm³/mol. The number of sulfonamides is 1. The molecule has 37 heavy (non-hydrogen) atoms. The van der Waals surface area contributed by atoms with Crippen LogP contribution in [0, 0.1) is 0 Å². The lowest BCUT2D eigenvalue weighted by Crippen LogP contribution is -2.50. The molecule has 1 saturated heterocycles. The van der Waals surface area contributed by atoms with E-state index in [1.54, 1.807) is 35.2 Å². The average molecular weight is 557 g/mol. The van der Waals surface area contributed by atoms with Gasteiger partial charge >= 0.3 is 0 Å². The maximum Gasteiger partial charge on any atom is 0.253 e. The van der Waals surface area contributed by atoms with Crippen LogP contribution in [0.1, 0.15) is 15.9 Å². The summed E-state index contributed by atoms with van der Waals surface area (Å²) in [6.07, 6.45) is 0. The zero-order chi connectivity index (χ0) is 25.3. The summed E-state index contributed by atoms with van der Waals surface area (Å²) >= 11 is 6.04. The van der Waals surface area contributed by atoms with Crippen LogP contribution < -0.4 is 5.73 Å². The van der Waals surface area contributed by atoms with Gasteiger partial charge in [0.1, 0.15) is 0 Å². The number of fused-ring (bicyclic) bond motifs is 1. The third kappa shape index (κ3) is 5.66. The average Bonchev–Trinajstić information content (AvgIpc) is 2.92. The zero-order valence-corrected chi connectivity index (χ0v) is 22.4. The summed E-state index contributed by atoms with van der Waals surface area (Å²) in [6, 6.07) is 25.9. The lowest BCUT2D eigenvalue weighted by Gasteiger charge is -2.34. The van der Waals surface area contributed by atoms with Crippen molar-refractivity contribution in [2.24, 2.45) is 5.73 Å². The standard InChI is InChI=1S/C28H26ClN3O3S.ClH/c29-26-10-8-25-18-27(11-9-24(25)17-26)36(34,35)32-14-12-31(13-15-32)28(33)22-6-4-21(5-7-22)23-3-1-2-20(16-23)19-30;/h1-11,16-18H,12-15,19,30H2;1H. The fourth-order valence-corrected chi connectivity index (χ4v) is 6.14. The molecular weight excluding hydrogens is 529 g/mol. The number of nitrogens with two attached hydrogens (primary N) is 1. The van der Waals surface area contributed by atoms with Gasteiger partial charge in [-0.05, 0) is 69.9 Å². The summed E-state index contributed by atoms with van der Waals surface area (Å²) in [4.78, 5) is 15.0. The van der Waals surface area contributed by atoms with Crippen LogP contribution in [0.25, 0.3) is 21.9 Å². The first-order valence-corrected chi connectivity index (χ1v) is 13.6. The van der Waals surface area contributed by atoms with E-state index in [-0.39, 0.29) is 36.3 Å². The van der Waals surface area contributed by atoms with Gasteiger partial charge in [0.15, 0.2) is 0 Å². The van der Waals surface area contributed by atoms with E-state index < -0.39 is 10.0 Å². The number of piperazine rings is 1. The molecule has 0 bridgehead atoms. The topological polar surface area (TPSA) is 83.7 Å². The third-order valence-corrected chi connectivity index (χ3v) is 8.69. The lowest BCUT2D eigenvalue weighted by atomic mass is 10.0. The number of amides is 1. The number of carbonyl (C=O) groups is 1. The van der Waals surface area contributed by atoms with Crippen LogP contribution in [-0.2, 0) is 16.6 Å². The first-order valence-electron chi connectivity index (χ1n) is 11.7. The Morgan fingerprint density at radius 3 is 2.19 bits per heavy atom. The van der Waals surface area contributed by atoms with Crippen LogP contribution >= 0.6 is 24.0 Å². The Kier molecular flexibility index (Phi) is 8.21. The van der Waals surface area contributed by atoms with Crippen LogP contribution in [0.3, 0.4) is 0 Å². The van der Waals surface area contributed by atoms with Crippen molar-refractivity contribution in [2.45, 2.75) is 11.4 Å². The minimum Gasteiger partial charge on any atom is -0.336 e. The molecule has 0 aliphatic carbocycles. The molecule has 4 aromatic rings. The second-order valence-electron chi connectivity index (χ2n) is 8.83. The number of hydrogen-bond acceptors (Lipinski definition) is 4. The fraction of sp³-hybridized carbons (Fsp3) is 0.179. The second-order valence-corrected chi connectivity index (χ2v) is 11.2. The van der Waals surface area contributed by atoms with Crippen molar-refractivity contribution in [2.75, 3.05) is 26.2 Å². The van der Waals surface area contributed by atoms with Crippen molar-refractivity contribution in [3.05, 3.63) is 101 Å². The highest BCUT2D eigenvalue weighted by Crippen LogP contribution is 2.26. The van der Waals surface area contributed by atoms with Crippen molar-refractivity contribution in [1.29, 1.82) is 0 Å². The van der Waals surface area contributed by atoms with Crippen molar-refractivity contribution < 1.29 is 13.2 Å². The van der Waals surface area contributed by atoms with Crippen LogP contribution in [0.4, 0.5) is 0 Å². The maximum atomic E-state index is 13.3. The van der Waals surface area contributed by atoms with Gasteiger partial charge in [0.2, 0.25) is 10.0 Å². The summed E-state index contributed by atoms with van der Waals surface area (Å²) in [5, 5.41) is 2.30. The summed E-state index contributed by atoms with van der Waals surface area (Å²) in [6.45, 7) is 1.64. The predicted octanol–water partition coefficient (Wildman–Crippen LogP) is 5.19. The smallest absolute Gasteiger partial charge is 0.253 e. The highest BCUT2D eigenvalue weighted by atomic mass is 35.5. The van der Waals surface area contributed by atoms with Crippen LogP contribution in [0.5, 0.6) is 0 Å². The molecule has 0 unspecified atom stereocenters.